The number of rotatable bonds is 9. The minimum atomic E-state index is -0.918. The maximum atomic E-state index is 11.9. The topological polar surface area (TPSA) is 97.2 Å². The van der Waals surface area contributed by atoms with Gasteiger partial charge in [0.05, 0.1) is 24.1 Å². The van der Waals surface area contributed by atoms with Gasteiger partial charge in [0.1, 0.15) is 11.5 Å². The number of nitrogens with zero attached hydrogens (tertiary/aromatic N) is 1. The number of carboxylic acid groups (broad SMARTS) is 1. The van der Waals surface area contributed by atoms with Crippen LogP contribution in [0.4, 0.5) is 0 Å². The SMILES string of the molecule is COc1ccc(OCC(=O)N/N=C(/CCC(=O)O)c2cccs2)cc1. The van der Waals surface area contributed by atoms with Crippen molar-refractivity contribution in [3.05, 3.63) is 46.7 Å². The molecule has 0 radical (unpaired) electrons. The predicted octanol–water partition coefficient (Wildman–Crippen LogP) is 2.52. The monoisotopic (exact) mass is 362 g/mol. The fourth-order valence-corrected chi connectivity index (χ4v) is 2.63. The van der Waals surface area contributed by atoms with E-state index in [1.165, 1.54) is 11.3 Å². The highest BCUT2D eigenvalue weighted by atomic mass is 32.1. The Bertz CT molecular complexity index is 726. The molecular weight excluding hydrogens is 344 g/mol. The van der Waals surface area contributed by atoms with E-state index in [0.29, 0.717) is 17.2 Å². The fourth-order valence-electron chi connectivity index (χ4n) is 1.89. The van der Waals surface area contributed by atoms with Crippen molar-refractivity contribution < 1.29 is 24.2 Å². The minimum Gasteiger partial charge on any atom is -0.497 e. The number of ether oxygens (including phenoxy) is 2. The standard InChI is InChI=1S/C17H18N2O5S/c1-23-12-4-6-13(7-5-12)24-11-16(20)19-18-14(8-9-17(21)22)15-3-2-10-25-15/h2-7,10H,8-9,11H2,1H3,(H,19,20)(H,21,22)/b18-14-. The molecule has 1 heterocycles. The van der Waals surface area contributed by atoms with E-state index in [1.807, 2.05) is 17.5 Å². The Labute approximate surface area is 148 Å². The second-order valence-corrected chi connectivity index (χ2v) is 5.88. The van der Waals surface area contributed by atoms with Crippen LogP contribution in [-0.4, -0.2) is 36.4 Å². The van der Waals surface area contributed by atoms with Crippen LogP contribution >= 0.6 is 11.3 Å². The number of hydrogen-bond donors (Lipinski definition) is 2. The molecule has 7 nitrogen and oxygen atoms in total. The number of hydrazone groups is 1. The summed E-state index contributed by atoms with van der Waals surface area (Å²) in [4.78, 5) is 23.4. The predicted molar refractivity (Wildman–Crippen MR) is 94.4 cm³/mol. The fraction of sp³-hybridized carbons (Fsp3) is 0.235. The van der Waals surface area contributed by atoms with Crippen LogP contribution in [0.25, 0.3) is 0 Å². The number of nitrogens with one attached hydrogen (secondary N) is 1. The largest absolute Gasteiger partial charge is 0.497 e. The quantitative estimate of drug-likeness (QED) is 0.528. The third-order valence-corrected chi connectivity index (χ3v) is 4.05. The van der Waals surface area contributed by atoms with Crippen molar-refractivity contribution in [3.8, 4) is 11.5 Å². The lowest BCUT2D eigenvalue weighted by Crippen LogP contribution is -2.26. The normalized spacial score (nSPS) is 11.0. The van der Waals surface area contributed by atoms with Gasteiger partial charge in [0, 0.05) is 6.42 Å². The Hall–Kier alpha value is -2.87. The molecule has 0 aliphatic heterocycles. The van der Waals surface area contributed by atoms with Gasteiger partial charge in [0.15, 0.2) is 6.61 Å². The van der Waals surface area contributed by atoms with Crippen molar-refractivity contribution in [2.45, 2.75) is 12.8 Å². The molecule has 0 fully saturated rings. The van der Waals surface area contributed by atoms with Gasteiger partial charge in [-0.3, -0.25) is 9.59 Å². The first kappa shape index (κ1) is 18.5. The summed E-state index contributed by atoms with van der Waals surface area (Å²) in [5.74, 6) is -0.122. The summed E-state index contributed by atoms with van der Waals surface area (Å²) in [6.45, 7) is -0.202. The summed E-state index contributed by atoms with van der Waals surface area (Å²) in [5.41, 5.74) is 2.92. The highest BCUT2D eigenvalue weighted by Crippen LogP contribution is 2.17. The van der Waals surface area contributed by atoms with E-state index >= 15 is 0 Å². The molecule has 0 saturated heterocycles. The molecule has 132 valence electrons. The number of carbonyl (C=O) groups excluding carboxylic acids is 1. The van der Waals surface area contributed by atoms with Crippen LogP contribution in [0.1, 0.15) is 17.7 Å². The van der Waals surface area contributed by atoms with Gasteiger partial charge >= 0.3 is 5.97 Å². The Balaban J connectivity index is 1.89. The molecule has 8 heteroatoms. The maximum Gasteiger partial charge on any atom is 0.303 e. The number of carbonyl (C=O) groups is 2. The van der Waals surface area contributed by atoms with Crippen molar-refractivity contribution in [2.75, 3.05) is 13.7 Å². The molecule has 0 aliphatic rings. The zero-order valence-electron chi connectivity index (χ0n) is 13.6. The van der Waals surface area contributed by atoms with Crippen LogP contribution in [-0.2, 0) is 9.59 Å². The lowest BCUT2D eigenvalue weighted by Gasteiger charge is -2.07. The van der Waals surface area contributed by atoms with Crippen molar-refractivity contribution in [2.24, 2.45) is 5.10 Å². The lowest BCUT2D eigenvalue weighted by molar-refractivity contribution is -0.136. The van der Waals surface area contributed by atoms with Crippen LogP contribution in [0.3, 0.4) is 0 Å². The lowest BCUT2D eigenvalue weighted by atomic mass is 10.2. The Morgan fingerprint density at radius 3 is 2.48 bits per heavy atom. The third kappa shape index (κ3) is 6.27. The van der Waals surface area contributed by atoms with Crippen LogP contribution in [0.2, 0.25) is 0 Å². The minimum absolute atomic E-state index is 0.0606. The zero-order chi connectivity index (χ0) is 18.1. The van der Waals surface area contributed by atoms with Gasteiger partial charge in [-0.2, -0.15) is 5.10 Å². The van der Waals surface area contributed by atoms with E-state index in [9.17, 15) is 9.59 Å². The number of thiophene rings is 1. The van der Waals surface area contributed by atoms with Crippen LogP contribution in [0.5, 0.6) is 11.5 Å². The molecule has 25 heavy (non-hydrogen) atoms. The van der Waals surface area contributed by atoms with E-state index in [4.69, 9.17) is 14.6 Å². The summed E-state index contributed by atoms with van der Waals surface area (Å²) in [6.07, 6.45) is 0.171. The summed E-state index contributed by atoms with van der Waals surface area (Å²) in [7, 11) is 1.57. The second-order valence-electron chi connectivity index (χ2n) is 4.93. The van der Waals surface area contributed by atoms with Crippen LogP contribution in [0, 0.1) is 0 Å². The first-order valence-electron chi connectivity index (χ1n) is 7.46. The van der Waals surface area contributed by atoms with Gasteiger partial charge in [-0.05, 0) is 35.7 Å². The highest BCUT2D eigenvalue weighted by Gasteiger charge is 2.09. The molecule has 0 saturated carbocycles. The molecule has 2 aromatic rings. The van der Waals surface area contributed by atoms with Crippen LogP contribution in [0.15, 0.2) is 46.9 Å². The van der Waals surface area contributed by atoms with Crippen molar-refractivity contribution in [3.63, 3.8) is 0 Å². The second kappa shape index (κ2) is 9.43. The van der Waals surface area contributed by atoms with Gasteiger partial charge in [-0.15, -0.1) is 11.3 Å². The molecule has 1 aromatic heterocycles. The molecule has 0 bridgehead atoms. The molecule has 2 rings (SSSR count). The highest BCUT2D eigenvalue weighted by molar-refractivity contribution is 7.12. The Morgan fingerprint density at radius 1 is 1.16 bits per heavy atom. The maximum absolute atomic E-state index is 11.9. The van der Waals surface area contributed by atoms with Gasteiger partial charge in [-0.1, -0.05) is 6.07 Å². The summed E-state index contributed by atoms with van der Waals surface area (Å²) < 4.78 is 10.4. The number of methoxy groups -OCH3 is 1. The number of carboxylic acids is 1. The molecule has 1 amide bonds. The van der Waals surface area contributed by atoms with Gasteiger partial charge in [0.2, 0.25) is 0 Å². The molecule has 2 N–H and O–H groups in total. The van der Waals surface area contributed by atoms with Crippen LogP contribution < -0.4 is 14.9 Å². The Morgan fingerprint density at radius 2 is 1.88 bits per heavy atom. The van der Waals surface area contributed by atoms with E-state index in [-0.39, 0.29) is 19.4 Å². The van der Waals surface area contributed by atoms with E-state index in [0.717, 1.165) is 4.88 Å². The van der Waals surface area contributed by atoms with E-state index in [1.54, 1.807) is 31.4 Å². The third-order valence-electron chi connectivity index (χ3n) is 3.13. The average molecular weight is 362 g/mol. The molecule has 1 aromatic carbocycles. The van der Waals surface area contributed by atoms with Crippen molar-refractivity contribution in [1.29, 1.82) is 0 Å². The number of amides is 1. The summed E-state index contributed by atoms with van der Waals surface area (Å²) >= 11 is 1.43. The number of aliphatic carboxylic acids is 1. The number of hydrogen-bond acceptors (Lipinski definition) is 6. The van der Waals surface area contributed by atoms with Gasteiger partial charge in [-0.25, -0.2) is 5.43 Å². The molecule has 0 spiro atoms. The van der Waals surface area contributed by atoms with Crippen molar-refractivity contribution in [1.82, 2.24) is 5.43 Å². The van der Waals surface area contributed by atoms with Gasteiger partial charge in [0.25, 0.3) is 5.91 Å². The first-order chi connectivity index (χ1) is 12.1. The van der Waals surface area contributed by atoms with E-state index < -0.39 is 11.9 Å². The molecular formula is C17H18N2O5S. The average Bonchev–Trinajstić information content (AvgIpc) is 3.14. The molecule has 0 aliphatic carbocycles. The summed E-state index contributed by atoms with van der Waals surface area (Å²) in [6, 6.07) is 10.5. The first-order valence-corrected chi connectivity index (χ1v) is 8.34. The molecule has 0 atom stereocenters. The van der Waals surface area contributed by atoms with E-state index in [2.05, 4.69) is 10.5 Å². The van der Waals surface area contributed by atoms with Gasteiger partial charge < -0.3 is 14.6 Å². The zero-order valence-corrected chi connectivity index (χ0v) is 14.4. The number of benzene rings is 1. The van der Waals surface area contributed by atoms with Crippen molar-refractivity contribution >= 4 is 28.9 Å². The Kier molecular flexibility index (Phi) is 6.97. The summed E-state index contributed by atoms with van der Waals surface area (Å²) in [5, 5.41) is 14.7. The smallest absolute Gasteiger partial charge is 0.303 e. The molecule has 0 unspecified atom stereocenters.